The molecule has 1 atom stereocenters. The van der Waals surface area contributed by atoms with Gasteiger partial charge in [0.15, 0.2) is 5.16 Å². The van der Waals surface area contributed by atoms with Gasteiger partial charge in [0, 0.05) is 17.4 Å². The molecule has 0 saturated heterocycles. The first-order valence-electron chi connectivity index (χ1n) is 9.78. The van der Waals surface area contributed by atoms with Gasteiger partial charge in [-0.1, -0.05) is 60.3 Å². The average Bonchev–Trinajstić information content (AvgIpc) is 3.29. The predicted molar refractivity (Wildman–Crippen MR) is 119 cm³/mol. The van der Waals surface area contributed by atoms with Gasteiger partial charge in [-0.2, -0.15) is 0 Å². The first-order chi connectivity index (χ1) is 14.2. The average molecular weight is 400 g/mol. The third-order valence-electron chi connectivity index (χ3n) is 5.35. The molecule has 5 heteroatoms. The molecule has 0 aliphatic carbocycles. The number of fused-ring (bicyclic) bond motifs is 2. The van der Waals surface area contributed by atoms with Gasteiger partial charge in [0.25, 0.3) is 0 Å². The van der Waals surface area contributed by atoms with Gasteiger partial charge in [-0.05, 0) is 49.2 Å². The van der Waals surface area contributed by atoms with Crippen molar-refractivity contribution in [2.75, 3.05) is 10.7 Å². The number of benzene rings is 3. The van der Waals surface area contributed by atoms with Gasteiger partial charge in [-0.25, -0.2) is 4.98 Å². The minimum atomic E-state index is 0.124. The van der Waals surface area contributed by atoms with Gasteiger partial charge in [-0.15, -0.1) is 0 Å². The first-order valence-corrected chi connectivity index (χ1v) is 10.8. The highest BCUT2D eigenvalue weighted by molar-refractivity contribution is 7.99. The van der Waals surface area contributed by atoms with Crippen molar-refractivity contribution in [2.24, 2.45) is 0 Å². The molecule has 144 valence electrons. The summed E-state index contributed by atoms with van der Waals surface area (Å²) in [4.78, 5) is 19.9. The fraction of sp³-hybridized carbons (Fsp3) is 0.167. The Morgan fingerprint density at radius 1 is 1.00 bits per heavy atom. The van der Waals surface area contributed by atoms with E-state index in [0.717, 1.165) is 34.0 Å². The van der Waals surface area contributed by atoms with E-state index in [4.69, 9.17) is 4.98 Å². The van der Waals surface area contributed by atoms with Gasteiger partial charge in [-0.3, -0.25) is 9.36 Å². The van der Waals surface area contributed by atoms with Gasteiger partial charge in [0.1, 0.15) is 0 Å². The minimum absolute atomic E-state index is 0.124. The number of rotatable bonds is 4. The van der Waals surface area contributed by atoms with E-state index in [0.29, 0.717) is 5.75 Å². The van der Waals surface area contributed by atoms with Crippen molar-refractivity contribution < 1.29 is 4.79 Å². The molecule has 5 rings (SSSR count). The molecular weight excluding hydrogens is 378 g/mol. The lowest BCUT2D eigenvalue weighted by atomic mass is 10.1. The second kappa shape index (κ2) is 7.41. The van der Waals surface area contributed by atoms with Crippen molar-refractivity contribution in [2.45, 2.75) is 24.5 Å². The number of aromatic nitrogens is 2. The largest absolute Gasteiger partial charge is 0.308 e. The molecule has 1 amide bonds. The number of hydrogen-bond donors (Lipinski definition) is 0. The number of hydrogen-bond acceptors (Lipinski definition) is 3. The van der Waals surface area contributed by atoms with Crippen LogP contribution in [0.3, 0.4) is 0 Å². The minimum Gasteiger partial charge on any atom is -0.308 e. The maximum Gasteiger partial charge on any atom is 0.237 e. The molecule has 1 aliphatic heterocycles. The highest BCUT2D eigenvalue weighted by atomic mass is 32.2. The second-order valence-electron chi connectivity index (χ2n) is 7.29. The summed E-state index contributed by atoms with van der Waals surface area (Å²) in [6, 6.07) is 26.7. The van der Waals surface area contributed by atoms with E-state index >= 15 is 0 Å². The molecule has 0 bridgehead atoms. The summed E-state index contributed by atoms with van der Waals surface area (Å²) >= 11 is 1.50. The standard InChI is InChI=1S/C24H21N3OS/c1-17-15-18-9-5-7-13-21(18)26(17)23(28)16-29-24-25-20-12-6-8-14-22(20)27(24)19-10-3-2-4-11-19/h2-14,17H,15-16H2,1H3/t17-/m1/s1. The number of amides is 1. The SMILES string of the molecule is C[C@@H]1Cc2ccccc2N1C(=O)CSc1nc2ccccc2n1-c1ccccc1. The molecule has 1 aromatic heterocycles. The summed E-state index contributed by atoms with van der Waals surface area (Å²) in [5, 5.41) is 0.839. The maximum absolute atomic E-state index is 13.1. The molecule has 0 N–H and O–H groups in total. The molecule has 0 radical (unpaired) electrons. The van der Waals surface area contributed by atoms with Crippen LogP contribution in [-0.2, 0) is 11.2 Å². The van der Waals surface area contributed by atoms with Crippen LogP contribution in [0.15, 0.2) is 84.0 Å². The Bertz CT molecular complexity index is 1190. The summed E-state index contributed by atoms with van der Waals surface area (Å²) < 4.78 is 2.13. The van der Waals surface area contributed by atoms with E-state index in [1.165, 1.54) is 17.3 Å². The summed E-state index contributed by atoms with van der Waals surface area (Å²) in [5.74, 6) is 0.480. The van der Waals surface area contributed by atoms with Crippen LogP contribution in [0.5, 0.6) is 0 Å². The number of para-hydroxylation sites is 4. The van der Waals surface area contributed by atoms with Crippen LogP contribution in [0.25, 0.3) is 16.7 Å². The quantitative estimate of drug-likeness (QED) is 0.448. The van der Waals surface area contributed by atoms with Crippen molar-refractivity contribution in [1.29, 1.82) is 0 Å². The van der Waals surface area contributed by atoms with Crippen molar-refractivity contribution >= 4 is 34.4 Å². The topological polar surface area (TPSA) is 38.1 Å². The van der Waals surface area contributed by atoms with Crippen LogP contribution in [0, 0.1) is 0 Å². The monoisotopic (exact) mass is 399 g/mol. The van der Waals surface area contributed by atoms with Crippen molar-refractivity contribution in [3.63, 3.8) is 0 Å². The lowest BCUT2D eigenvalue weighted by molar-refractivity contribution is -0.116. The highest BCUT2D eigenvalue weighted by Gasteiger charge is 2.30. The van der Waals surface area contributed by atoms with E-state index < -0.39 is 0 Å². The highest BCUT2D eigenvalue weighted by Crippen LogP contribution is 2.33. The molecule has 4 aromatic rings. The number of thioether (sulfide) groups is 1. The number of nitrogens with zero attached hydrogens (tertiary/aromatic N) is 3. The zero-order chi connectivity index (χ0) is 19.8. The Hall–Kier alpha value is -3.05. The Morgan fingerprint density at radius 3 is 2.59 bits per heavy atom. The molecule has 1 aliphatic rings. The molecule has 0 spiro atoms. The normalized spacial score (nSPS) is 15.6. The van der Waals surface area contributed by atoms with Gasteiger partial charge < -0.3 is 4.90 Å². The Labute approximate surface area is 174 Å². The molecular formula is C24H21N3OS. The molecule has 3 aromatic carbocycles. The summed E-state index contributed by atoms with van der Waals surface area (Å²) in [7, 11) is 0. The number of anilines is 1. The fourth-order valence-electron chi connectivity index (χ4n) is 4.07. The lowest BCUT2D eigenvalue weighted by Crippen LogP contribution is -2.37. The van der Waals surface area contributed by atoms with E-state index in [1.54, 1.807) is 0 Å². The Balaban J connectivity index is 1.45. The lowest BCUT2D eigenvalue weighted by Gasteiger charge is -2.22. The van der Waals surface area contributed by atoms with Crippen LogP contribution in [0.1, 0.15) is 12.5 Å². The number of imidazole rings is 1. The van der Waals surface area contributed by atoms with E-state index in [1.807, 2.05) is 59.5 Å². The molecule has 2 heterocycles. The summed E-state index contributed by atoms with van der Waals surface area (Å²) in [6.45, 7) is 2.11. The van der Waals surface area contributed by atoms with Crippen LogP contribution in [-0.4, -0.2) is 27.3 Å². The first kappa shape index (κ1) is 18.0. The number of carbonyl (C=O) groups is 1. The van der Waals surface area contributed by atoms with Gasteiger partial charge >= 0.3 is 0 Å². The molecule has 0 saturated carbocycles. The van der Waals surface area contributed by atoms with Crippen LogP contribution >= 0.6 is 11.8 Å². The summed E-state index contributed by atoms with van der Waals surface area (Å²) in [5.41, 5.74) is 5.33. The van der Waals surface area contributed by atoms with E-state index in [-0.39, 0.29) is 11.9 Å². The van der Waals surface area contributed by atoms with Gasteiger partial charge in [0.2, 0.25) is 5.91 Å². The fourth-order valence-corrected chi connectivity index (χ4v) is 4.96. The van der Waals surface area contributed by atoms with Crippen LogP contribution in [0.2, 0.25) is 0 Å². The molecule has 0 unspecified atom stereocenters. The van der Waals surface area contributed by atoms with Crippen molar-refractivity contribution in [1.82, 2.24) is 9.55 Å². The molecule has 29 heavy (non-hydrogen) atoms. The van der Waals surface area contributed by atoms with Crippen LogP contribution in [0.4, 0.5) is 5.69 Å². The molecule has 0 fully saturated rings. The smallest absolute Gasteiger partial charge is 0.237 e. The number of carbonyl (C=O) groups excluding carboxylic acids is 1. The van der Waals surface area contributed by atoms with Crippen molar-refractivity contribution in [3.8, 4) is 5.69 Å². The maximum atomic E-state index is 13.1. The Morgan fingerprint density at radius 2 is 1.72 bits per heavy atom. The molecule has 4 nitrogen and oxygen atoms in total. The van der Waals surface area contributed by atoms with E-state index in [9.17, 15) is 4.79 Å². The Kier molecular flexibility index (Phi) is 4.60. The third-order valence-corrected chi connectivity index (χ3v) is 6.27. The van der Waals surface area contributed by atoms with Crippen molar-refractivity contribution in [3.05, 3.63) is 84.4 Å². The zero-order valence-electron chi connectivity index (χ0n) is 16.2. The zero-order valence-corrected chi connectivity index (χ0v) is 17.0. The van der Waals surface area contributed by atoms with E-state index in [2.05, 4.69) is 35.8 Å². The van der Waals surface area contributed by atoms with Crippen LogP contribution < -0.4 is 4.90 Å². The predicted octanol–water partition coefficient (Wildman–Crippen LogP) is 5.10. The van der Waals surface area contributed by atoms with Gasteiger partial charge in [0.05, 0.1) is 16.8 Å². The summed E-state index contributed by atoms with van der Waals surface area (Å²) in [6.07, 6.45) is 0.912. The third kappa shape index (κ3) is 3.21. The second-order valence-corrected chi connectivity index (χ2v) is 8.23.